The van der Waals surface area contributed by atoms with Gasteiger partial charge in [0.2, 0.25) is 0 Å². The molecular weight excluding hydrogens is 591 g/mol. The third-order valence-electron chi connectivity index (χ3n) is 10.0. The number of para-hydroxylation sites is 2. The molecule has 0 saturated carbocycles. The maximum atomic E-state index is 5.36. The predicted octanol–water partition coefficient (Wildman–Crippen LogP) is 11.6. The monoisotopic (exact) mass is 619 g/mol. The van der Waals surface area contributed by atoms with Crippen LogP contribution in [0.3, 0.4) is 0 Å². The highest BCUT2D eigenvalue weighted by atomic mass is 32.1. The third-order valence-corrected chi connectivity index (χ3v) is 11.2. The van der Waals surface area contributed by atoms with Gasteiger partial charge in [0.25, 0.3) is 0 Å². The Morgan fingerprint density at radius 2 is 1.28 bits per heavy atom. The second-order valence-electron chi connectivity index (χ2n) is 13.0. The molecule has 1 aliphatic rings. The predicted molar refractivity (Wildman–Crippen MR) is 198 cm³/mol. The minimum Gasteiger partial charge on any atom is -0.309 e. The van der Waals surface area contributed by atoms with E-state index in [-0.39, 0.29) is 5.41 Å². The van der Waals surface area contributed by atoms with Crippen LogP contribution in [0.4, 0.5) is 0 Å². The molecule has 3 aromatic heterocycles. The number of nitrogens with zero attached hydrogens (tertiary/aromatic N) is 3. The van der Waals surface area contributed by atoms with Gasteiger partial charge in [-0.25, -0.2) is 9.97 Å². The van der Waals surface area contributed by atoms with Crippen molar-refractivity contribution in [2.24, 2.45) is 0 Å². The average Bonchev–Trinajstić information content (AvgIpc) is 3.74. The minimum atomic E-state index is -0.125. The van der Waals surface area contributed by atoms with E-state index in [1.165, 1.54) is 54.1 Å². The molecule has 6 aromatic carbocycles. The summed E-state index contributed by atoms with van der Waals surface area (Å²) in [5.41, 5.74) is 12.9. The van der Waals surface area contributed by atoms with E-state index in [4.69, 9.17) is 9.97 Å². The Hall–Kier alpha value is -5.58. The Balaban J connectivity index is 1.31. The zero-order valence-electron chi connectivity index (χ0n) is 26.0. The van der Waals surface area contributed by atoms with Crippen molar-refractivity contribution in [3.05, 3.63) is 151 Å². The fourth-order valence-electron chi connectivity index (χ4n) is 7.95. The van der Waals surface area contributed by atoms with Crippen LogP contribution in [0, 0.1) is 0 Å². The van der Waals surface area contributed by atoms with E-state index in [9.17, 15) is 0 Å². The zero-order valence-corrected chi connectivity index (χ0v) is 26.8. The SMILES string of the molecule is CC1(C)c2ccccc2-c2ccc3c(c21)c1ccccc1n3-c1ccccc1-c1nc(-c2ccccc2)nc2c1sc1ccccc12. The number of benzene rings is 6. The number of fused-ring (bicyclic) bond motifs is 10. The number of thiophene rings is 1. The van der Waals surface area contributed by atoms with Crippen LogP contribution in [0.2, 0.25) is 0 Å². The summed E-state index contributed by atoms with van der Waals surface area (Å²) in [7, 11) is 0. The largest absolute Gasteiger partial charge is 0.309 e. The van der Waals surface area contributed by atoms with E-state index in [0.717, 1.165) is 38.5 Å². The van der Waals surface area contributed by atoms with Gasteiger partial charge < -0.3 is 4.57 Å². The molecule has 10 rings (SSSR count). The van der Waals surface area contributed by atoms with Crippen molar-refractivity contribution in [2.75, 3.05) is 0 Å². The fourth-order valence-corrected chi connectivity index (χ4v) is 9.10. The minimum absolute atomic E-state index is 0.125. The molecule has 0 fully saturated rings. The maximum absolute atomic E-state index is 5.36. The Kier molecular flexibility index (Phi) is 5.50. The summed E-state index contributed by atoms with van der Waals surface area (Å²) in [5, 5.41) is 3.77. The fraction of sp³-hybridized carbons (Fsp3) is 0.0698. The Labute approximate surface area is 276 Å². The van der Waals surface area contributed by atoms with E-state index in [0.29, 0.717) is 0 Å². The van der Waals surface area contributed by atoms with Gasteiger partial charge >= 0.3 is 0 Å². The van der Waals surface area contributed by atoms with Crippen LogP contribution in [-0.4, -0.2) is 14.5 Å². The molecule has 0 N–H and O–H groups in total. The van der Waals surface area contributed by atoms with Crippen LogP contribution in [0.15, 0.2) is 140 Å². The molecule has 9 aromatic rings. The first-order valence-corrected chi connectivity index (χ1v) is 16.9. The molecule has 3 nitrogen and oxygen atoms in total. The van der Waals surface area contributed by atoms with E-state index >= 15 is 0 Å². The van der Waals surface area contributed by atoms with Gasteiger partial charge in [-0.15, -0.1) is 11.3 Å². The van der Waals surface area contributed by atoms with Crippen LogP contribution in [-0.2, 0) is 5.41 Å². The molecule has 1 aliphatic carbocycles. The molecule has 3 heterocycles. The third kappa shape index (κ3) is 3.67. The van der Waals surface area contributed by atoms with Gasteiger partial charge in [-0.2, -0.15) is 0 Å². The summed E-state index contributed by atoms with van der Waals surface area (Å²) >= 11 is 1.77. The second-order valence-corrected chi connectivity index (χ2v) is 14.0. The Bertz CT molecular complexity index is 2710. The Morgan fingerprint density at radius 3 is 2.15 bits per heavy atom. The van der Waals surface area contributed by atoms with Gasteiger partial charge in [0.15, 0.2) is 5.82 Å². The smallest absolute Gasteiger partial charge is 0.160 e. The number of aromatic nitrogens is 3. The van der Waals surface area contributed by atoms with E-state index < -0.39 is 0 Å². The van der Waals surface area contributed by atoms with Crippen molar-refractivity contribution >= 4 is 53.4 Å². The van der Waals surface area contributed by atoms with Gasteiger partial charge in [-0.3, -0.25) is 0 Å². The molecule has 0 saturated heterocycles. The molecular formula is C43H29N3S. The summed E-state index contributed by atoms with van der Waals surface area (Å²) in [6.07, 6.45) is 0. The van der Waals surface area contributed by atoms with Crippen molar-refractivity contribution < 1.29 is 0 Å². The standard InChI is InChI=1S/C43H29N3S/c1-43(2)32-20-10-6-16-27(32)28-24-25-35-37(38(28)43)29-17-7-11-21-33(29)46(35)34-22-12-8-18-30(34)39-41-40(31-19-9-13-23-36(31)47-41)45-42(44-39)26-14-4-3-5-15-26/h3-25H,1-2H3. The number of rotatable bonds is 3. The van der Waals surface area contributed by atoms with Crippen LogP contribution in [0.5, 0.6) is 0 Å². The highest BCUT2D eigenvalue weighted by molar-refractivity contribution is 7.26. The molecule has 0 amide bonds. The van der Waals surface area contributed by atoms with Crippen molar-refractivity contribution in [1.82, 2.24) is 14.5 Å². The average molecular weight is 620 g/mol. The number of hydrogen-bond acceptors (Lipinski definition) is 3. The van der Waals surface area contributed by atoms with Crippen molar-refractivity contribution in [2.45, 2.75) is 19.3 Å². The molecule has 0 atom stereocenters. The lowest BCUT2D eigenvalue weighted by Gasteiger charge is -2.22. The van der Waals surface area contributed by atoms with Crippen molar-refractivity contribution in [3.63, 3.8) is 0 Å². The molecule has 0 aliphatic heterocycles. The van der Waals surface area contributed by atoms with Gasteiger partial charge in [-0.05, 0) is 46.5 Å². The van der Waals surface area contributed by atoms with E-state index in [2.05, 4.69) is 152 Å². The summed E-state index contributed by atoms with van der Waals surface area (Å²) in [6, 6.07) is 50.1. The van der Waals surface area contributed by atoms with Crippen molar-refractivity contribution in [3.8, 4) is 39.5 Å². The van der Waals surface area contributed by atoms with Crippen LogP contribution in [0.1, 0.15) is 25.0 Å². The molecule has 222 valence electrons. The normalized spacial score (nSPS) is 13.5. The first-order valence-electron chi connectivity index (χ1n) is 16.1. The van der Waals surface area contributed by atoms with Crippen LogP contribution >= 0.6 is 11.3 Å². The summed E-state index contributed by atoms with van der Waals surface area (Å²) in [5.74, 6) is 0.742. The second kappa shape index (κ2) is 9.71. The summed E-state index contributed by atoms with van der Waals surface area (Å²) < 4.78 is 4.79. The van der Waals surface area contributed by atoms with E-state index in [1.54, 1.807) is 11.3 Å². The Morgan fingerprint density at radius 1 is 0.574 bits per heavy atom. The van der Waals surface area contributed by atoms with Crippen LogP contribution < -0.4 is 0 Å². The molecule has 0 radical (unpaired) electrons. The van der Waals surface area contributed by atoms with Crippen molar-refractivity contribution in [1.29, 1.82) is 0 Å². The first-order chi connectivity index (χ1) is 23.1. The molecule has 0 spiro atoms. The summed E-state index contributed by atoms with van der Waals surface area (Å²) in [6.45, 7) is 4.75. The highest BCUT2D eigenvalue weighted by Crippen LogP contribution is 2.53. The maximum Gasteiger partial charge on any atom is 0.160 e. The van der Waals surface area contributed by atoms with Gasteiger partial charge in [0.05, 0.1) is 32.6 Å². The lowest BCUT2D eigenvalue weighted by Crippen LogP contribution is -2.15. The molecule has 4 heteroatoms. The lowest BCUT2D eigenvalue weighted by atomic mass is 9.80. The molecule has 0 unspecified atom stereocenters. The quantitative estimate of drug-likeness (QED) is 0.197. The van der Waals surface area contributed by atoms with Gasteiger partial charge in [0, 0.05) is 37.4 Å². The number of hydrogen-bond donors (Lipinski definition) is 0. The van der Waals surface area contributed by atoms with E-state index in [1.807, 2.05) is 6.07 Å². The first kappa shape index (κ1) is 26.6. The molecule has 47 heavy (non-hydrogen) atoms. The summed E-state index contributed by atoms with van der Waals surface area (Å²) in [4.78, 5) is 10.5. The molecule has 0 bridgehead atoms. The van der Waals surface area contributed by atoms with Crippen LogP contribution in [0.25, 0.3) is 81.6 Å². The zero-order chi connectivity index (χ0) is 31.3. The van der Waals surface area contributed by atoms with Gasteiger partial charge in [-0.1, -0.05) is 129 Å². The topological polar surface area (TPSA) is 30.7 Å². The highest BCUT2D eigenvalue weighted by Gasteiger charge is 2.38. The lowest BCUT2D eigenvalue weighted by molar-refractivity contribution is 0.666. The van der Waals surface area contributed by atoms with Gasteiger partial charge in [0.1, 0.15) is 0 Å².